The van der Waals surface area contributed by atoms with E-state index in [1.165, 1.54) is 20.7 Å². The average Bonchev–Trinajstić information content (AvgIpc) is 4.04. The largest absolute Gasteiger partial charge is 0.309 e. The predicted molar refractivity (Wildman–Crippen MR) is 252 cm³/mol. The fourth-order valence-corrected chi connectivity index (χ4v) is 15.4. The summed E-state index contributed by atoms with van der Waals surface area (Å²) in [4.78, 5) is 0. The summed E-state index contributed by atoms with van der Waals surface area (Å²) in [5, 5.41) is 8.88. The molecule has 9 aromatic carbocycles. The number of benzene rings is 9. The Labute approximate surface area is 352 Å². The normalized spacial score (nSPS) is 14.1. The van der Waals surface area contributed by atoms with Crippen molar-refractivity contribution in [2.75, 3.05) is 0 Å². The Kier molecular flexibility index (Phi) is 5.85. The molecule has 12 rings (SSSR count). The summed E-state index contributed by atoms with van der Waals surface area (Å²) in [7, 11) is -2.94. The van der Waals surface area contributed by atoms with Gasteiger partial charge in [-0.15, -0.1) is 11.3 Å². The van der Waals surface area contributed by atoms with E-state index in [0.717, 1.165) is 47.7 Å². The molecule has 58 heavy (non-hydrogen) atoms. The van der Waals surface area contributed by atoms with Crippen LogP contribution in [0.5, 0.6) is 0 Å². The highest BCUT2D eigenvalue weighted by atomic mass is 32.1. The lowest BCUT2D eigenvalue weighted by Crippen LogP contribution is -2.74. The number of nitrogens with zero attached hydrogens (tertiary/aromatic N) is 2. The third-order valence-corrected chi connectivity index (χ3v) is 17.7. The van der Waals surface area contributed by atoms with Gasteiger partial charge in [0.25, 0.3) is 0 Å². The minimum absolute atomic E-state index is 0.0551. The van der Waals surface area contributed by atoms with Gasteiger partial charge in [0.1, 0.15) is 0 Å². The van der Waals surface area contributed by atoms with Gasteiger partial charge in [-0.05, 0) is 63.2 Å². The molecule has 3 heterocycles. The Balaban J connectivity index is 1.25. The Bertz CT molecular complexity index is 3800. The highest BCUT2D eigenvalue weighted by Crippen LogP contribution is 2.47. The molecular weight excluding hydrogens is 737 g/mol. The van der Waals surface area contributed by atoms with Crippen molar-refractivity contribution >= 4 is 104 Å². The van der Waals surface area contributed by atoms with Gasteiger partial charge in [0.2, 0.25) is 0 Å². The molecule has 12 aromatic rings. The quantitative estimate of drug-likeness (QED) is 0.117. The number of para-hydroxylation sites is 3. The lowest BCUT2D eigenvalue weighted by molar-refractivity contribution is 1.18. The summed E-state index contributed by atoms with van der Waals surface area (Å²) in [6.45, 7) is 0. The van der Waals surface area contributed by atoms with Gasteiger partial charge >= 0.3 is 0 Å². The molecule has 0 spiro atoms. The van der Waals surface area contributed by atoms with Crippen LogP contribution in [0.1, 0.15) is 11.0 Å². The maximum absolute atomic E-state index is 9.35. The summed E-state index contributed by atoms with van der Waals surface area (Å²) in [5.74, 6) is 0. The average molecular weight is 781 g/mol. The summed E-state index contributed by atoms with van der Waals surface area (Å²) in [5.41, 5.74) is 3.66. The molecule has 3 aromatic heterocycles. The van der Waals surface area contributed by atoms with Crippen molar-refractivity contribution in [3.8, 4) is 11.4 Å². The molecular formula is C54H36N2SSi. The van der Waals surface area contributed by atoms with Gasteiger partial charge in [-0.25, -0.2) is 0 Å². The molecule has 0 aliphatic carbocycles. The van der Waals surface area contributed by atoms with Crippen LogP contribution in [0.15, 0.2) is 218 Å². The van der Waals surface area contributed by atoms with Gasteiger partial charge < -0.3 is 9.13 Å². The standard InChI is InChI=1S/C54H36N2SSi/c1-4-20-38(21-5-1)58(39-22-6-2-7-23-39,40-24-8-3-9-25-40)41-26-18-19-37(35-41)55-47-31-14-12-29-44(47)46-36-50(54-52(53(46)55)45-30-13-17-34-51(45)57-54)56-48-32-15-10-27-42(48)43-28-11-16-33-49(43)56/h1-36H/i10D,11D,15D,16D,27D,28D,32D,33D. The van der Waals surface area contributed by atoms with E-state index in [1.807, 2.05) is 30.3 Å². The summed E-state index contributed by atoms with van der Waals surface area (Å²) >= 11 is 1.56. The van der Waals surface area contributed by atoms with E-state index in [2.05, 4.69) is 144 Å². The van der Waals surface area contributed by atoms with Gasteiger partial charge in [-0.3, -0.25) is 0 Å². The Hall–Kier alpha value is -6.98. The monoisotopic (exact) mass is 780 g/mol. The number of aromatic nitrogens is 2. The fourth-order valence-electron chi connectivity index (χ4n) is 9.36. The summed E-state index contributed by atoms with van der Waals surface area (Å²) in [6.07, 6.45) is 0. The SMILES string of the molecule is [2H]c1c([2H])c([2H])c2c(c1[2H])c1c([2H])c([2H])c([2H])c([2H])c1n2-c1cc2c3ccccc3n(-c3cccc([Si](c4ccccc4)(c4ccccc4)c4ccccc4)c3)c2c2c1sc1ccccc12. The first kappa shape index (κ1) is 26.0. The number of fused-ring (bicyclic) bond motifs is 10. The van der Waals surface area contributed by atoms with E-state index < -0.39 is 32.2 Å². The highest BCUT2D eigenvalue weighted by Gasteiger charge is 2.41. The number of rotatable bonds is 6. The second-order valence-electron chi connectivity index (χ2n) is 14.6. The molecule has 0 bridgehead atoms. The number of thiophene rings is 1. The maximum atomic E-state index is 9.35. The molecule has 0 fully saturated rings. The molecule has 0 saturated heterocycles. The molecule has 0 atom stereocenters. The zero-order valence-corrected chi connectivity index (χ0v) is 32.8. The van der Waals surface area contributed by atoms with E-state index in [0.29, 0.717) is 5.69 Å². The molecule has 0 radical (unpaired) electrons. The lowest BCUT2D eigenvalue weighted by atomic mass is 10.1. The topological polar surface area (TPSA) is 9.86 Å². The van der Waals surface area contributed by atoms with Crippen LogP contribution in [-0.2, 0) is 0 Å². The van der Waals surface area contributed by atoms with Crippen LogP contribution >= 0.6 is 11.3 Å². The number of hydrogen-bond acceptors (Lipinski definition) is 1. The van der Waals surface area contributed by atoms with E-state index >= 15 is 0 Å². The van der Waals surface area contributed by atoms with Crippen LogP contribution < -0.4 is 20.7 Å². The van der Waals surface area contributed by atoms with Gasteiger partial charge in [-0.1, -0.05) is 176 Å². The molecule has 0 unspecified atom stereocenters. The first-order valence-corrected chi connectivity index (χ1v) is 22.1. The minimum atomic E-state index is -2.94. The molecule has 4 heteroatoms. The fraction of sp³-hybridized carbons (Fsp3) is 0. The van der Waals surface area contributed by atoms with Crippen LogP contribution in [-0.4, -0.2) is 17.2 Å². The third kappa shape index (κ3) is 4.70. The number of hydrogen-bond donors (Lipinski definition) is 0. The van der Waals surface area contributed by atoms with Crippen LogP contribution in [0.25, 0.3) is 75.2 Å². The van der Waals surface area contributed by atoms with Crippen LogP contribution in [0.4, 0.5) is 0 Å². The van der Waals surface area contributed by atoms with Gasteiger partial charge in [0.05, 0.1) is 43.4 Å². The van der Waals surface area contributed by atoms with Crippen molar-refractivity contribution in [3.05, 3.63) is 218 Å². The van der Waals surface area contributed by atoms with Crippen LogP contribution in [0, 0.1) is 0 Å². The van der Waals surface area contributed by atoms with Crippen molar-refractivity contribution in [3.63, 3.8) is 0 Å². The predicted octanol–water partition coefficient (Wildman–Crippen LogP) is 11.6. The van der Waals surface area contributed by atoms with Gasteiger partial charge in [0.15, 0.2) is 8.07 Å². The summed E-state index contributed by atoms with van der Waals surface area (Å²) in [6, 6.07) is 56.9. The minimum Gasteiger partial charge on any atom is -0.309 e. The molecule has 0 N–H and O–H groups in total. The van der Waals surface area contributed by atoms with Gasteiger partial charge in [0, 0.05) is 42.7 Å². The van der Waals surface area contributed by atoms with Crippen molar-refractivity contribution in [2.45, 2.75) is 0 Å². The van der Waals surface area contributed by atoms with Crippen molar-refractivity contribution < 1.29 is 11.0 Å². The Morgan fingerprint density at radius 2 is 0.948 bits per heavy atom. The molecule has 0 saturated carbocycles. The van der Waals surface area contributed by atoms with Crippen LogP contribution in [0.3, 0.4) is 0 Å². The maximum Gasteiger partial charge on any atom is 0.179 e. The first-order valence-electron chi connectivity index (χ1n) is 23.3. The smallest absolute Gasteiger partial charge is 0.179 e. The van der Waals surface area contributed by atoms with E-state index in [1.54, 1.807) is 15.9 Å². The third-order valence-electron chi connectivity index (χ3n) is 11.7. The second-order valence-corrected chi connectivity index (χ2v) is 19.5. The van der Waals surface area contributed by atoms with Crippen molar-refractivity contribution in [1.82, 2.24) is 9.13 Å². The lowest BCUT2D eigenvalue weighted by Gasteiger charge is -2.34. The zero-order valence-electron chi connectivity index (χ0n) is 39.0. The first-order chi connectivity index (χ1) is 32.1. The van der Waals surface area contributed by atoms with E-state index in [4.69, 9.17) is 8.22 Å². The molecule has 0 amide bonds. The molecule has 0 aliphatic heterocycles. The van der Waals surface area contributed by atoms with Crippen molar-refractivity contribution in [2.24, 2.45) is 0 Å². The molecule has 272 valence electrons. The van der Waals surface area contributed by atoms with Crippen molar-refractivity contribution in [1.29, 1.82) is 0 Å². The van der Waals surface area contributed by atoms with E-state index in [9.17, 15) is 2.74 Å². The molecule has 0 aliphatic rings. The van der Waals surface area contributed by atoms with Crippen LogP contribution in [0.2, 0.25) is 0 Å². The Morgan fingerprint density at radius 3 is 1.59 bits per heavy atom. The zero-order chi connectivity index (χ0) is 45.2. The van der Waals surface area contributed by atoms with Gasteiger partial charge in [-0.2, -0.15) is 0 Å². The second kappa shape index (κ2) is 13.0. The summed E-state index contributed by atoms with van der Waals surface area (Å²) < 4.78 is 77.8. The Morgan fingerprint density at radius 1 is 0.414 bits per heavy atom. The molecule has 2 nitrogen and oxygen atoms in total. The highest BCUT2D eigenvalue weighted by molar-refractivity contribution is 7.26. The van der Waals surface area contributed by atoms with E-state index in [-0.39, 0.29) is 46.0 Å².